The predicted octanol–water partition coefficient (Wildman–Crippen LogP) is 0.636. The maximum absolute atomic E-state index is 12.3. The zero-order valence-electron chi connectivity index (χ0n) is 11.6. The average Bonchev–Trinajstić information content (AvgIpc) is 2.36. The summed E-state index contributed by atoms with van der Waals surface area (Å²) in [4.78, 5) is 44.9. The van der Waals surface area contributed by atoms with Crippen molar-refractivity contribution in [3.8, 4) is 0 Å². The lowest BCUT2D eigenvalue weighted by Gasteiger charge is -2.31. The van der Waals surface area contributed by atoms with Crippen molar-refractivity contribution in [2.24, 2.45) is 11.8 Å². The molecule has 1 aromatic rings. The van der Waals surface area contributed by atoms with Crippen molar-refractivity contribution in [2.75, 3.05) is 0 Å². The van der Waals surface area contributed by atoms with E-state index in [-0.39, 0.29) is 12.5 Å². The van der Waals surface area contributed by atoms with E-state index in [2.05, 4.69) is 15.3 Å². The van der Waals surface area contributed by atoms with Gasteiger partial charge in [-0.25, -0.2) is 4.79 Å². The van der Waals surface area contributed by atoms with Crippen LogP contribution in [0.15, 0.2) is 12.4 Å². The molecule has 1 unspecified atom stereocenters. The minimum Gasteiger partial charge on any atom is -0.277 e. The molecule has 7 heteroatoms. The third kappa shape index (κ3) is 2.66. The molecule has 1 aliphatic heterocycles. The van der Waals surface area contributed by atoms with E-state index in [9.17, 15) is 14.4 Å². The number of hydrogen-bond acceptors (Lipinski definition) is 5. The highest BCUT2D eigenvalue weighted by atomic mass is 16.2. The first-order valence-electron chi connectivity index (χ1n) is 6.34. The lowest BCUT2D eigenvalue weighted by molar-refractivity contribution is -0.144. The van der Waals surface area contributed by atoms with Crippen molar-refractivity contribution < 1.29 is 14.4 Å². The fourth-order valence-corrected chi connectivity index (χ4v) is 2.03. The molecule has 7 nitrogen and oxygen atoms in total. The van der Waals surface area contributed by atoms with Gasteiger partial charge in [-0.15, -0.1) is 0 Å². The molecule has 1 saturated heterocycles. The maximum atomic E-state index is 12.3. The van der Waals surface area contributed by atoms with Crippen molar-refractivity contribution in [2.45, 2.75) is 27.3 Å². The van der Waals surface area contributed by atoms with Crippen LogP contribution in [0.2, 0.25) is 0 Å². The zero-order valence-corrected chi connectivity index (χ0v) is 11.6. The Hall–Kier alpha value is -2.31. The zero-order chi connectivity index (χ0) is 14.9. The number of urea groups is 1. The molecule has 1 N–H and O–H groups in total. The van der Waals surface area contributed by atoms with Crippen LogP contribution in [0.1, 0.15) is 25.2 Å². The molecule has 1 fully saturated rings. The Bertz CT molecular complexity index is 553. The van der Waals surface area contributed by atoms with Gasteiger partial charge < -0.3 is 0 Å². The molecule has 0 bridgehead atoms. The van der Waals surface area contributed by atoms with Gasteiger partial charge in [-0.3, -0.25) is 29.8 Å². The van der Waals surface area contributed by atoms with Crippen molar-refractivity contribution >= 4 is 17.8 Å². The van der Waals surface area contributed by atoms with Crippen molar-refractivity contribution in [3.63, 3.8) is 0 Å². The summed E-state index contributed by atoms with van der Waals surface area (Å²) in [7, 11) is 0. The maximum Gasteiger partial charge on any atom is 0.331 e. The molecule has 0 aromatic carbocycles. The standard InChI is InChI=1S/C13H16N4O3/c1-7(2)10-11(18)16-13(20)17(12(10)19)6-9-5-14-8(3)4-15-9/h4-5,7,10H,6H2,1-3H3,(H,16,18,20). The molecule has 0 spiro atoms. The Morgan fingerprint density at radius 1 is 1.25 bits per heavy atom. The van der Waals surface area contributed by atoms with Crippen LogP contribution in [-0.4, -0.2) is 32.7 Å². The van der Waals surface area contributed by atoms with Crippen LogP contribution >= 0.6 is 0 Å². The van der Waals surface area contributed by atoms with Crippen LogP contribution in [0.3, 0.4) is 0 Å². The number of barbiturate groups is 1. The van der Waals surface area contributed by atoms with Gasteiger partial charge in [0.1, 0.15) is 5.92 Å². The van der Waals surface area contributed by atoms with E-state index in [1.54, 1.807) is 27.0 Å². The highest BCUT2D eigenvalue weighted by molar-refractivity contribution is 6.16. The second-order valence-electron chi connectivity index (χ2n) is 5.09. The van der Waals surface area contributed by atoms with Crippen LogP contribution in [0.4, 0.5) is 4.79 Å². The number of carbonyl (C=O) groups is 3. The molecular formula is C13H16N4O3. The monoisotopic (exact) mass is 276 g/mol. The fraction of sp³-hybridized carbons (Fsp3) is 0.462. The average molecular weight is 276 g/mol. The summed E-state index contributed by atoms with van der Waals surface area (Å²) in [5, 5.41) is 2.20. The van der Waals surface area contributed by atoms with Crippen LogP contribution < -0.4 is 5.32 Å². The van der Waals surface area contributed by atoms with Crippen molar-refractivity contribution in [1.82, 2.24) is 20.2 Å². The lowest BCUT2D eigenvalue weighted by atomic mass is 9.92. The largest absolute Gasteiger partial charge is 0.331 e. The molecule has 106 valence electrons. The van der Waals surface area contributed by atoms with Gasteiger partial charge in [0.25, 0.3) is 0 Å². The molecule has 4 amide bonds. The van der Waals surface area contributed by atoms with Gasteiger partial charge in [0.05, 0.1) is 24.1 Å². The third-order valence-electron chi connectivity index (χ3n) is 3.11. The summed E-state index contributed by atoms with van der Waals surface area (Å²) >= 11 is 0. The van der Waals surface area contributed by atoms with Crippen LogP contribution in [0.5, 0.6) is 0 Å². The smallest absolute Gasteiger partial charge is 0.277 e. The van der Waals surface area contributed by atoms with E-state index >= 15 is 0 Å². The minimum atomic E-state index is -0.842. The van der Waals surface area contributed by atoms with Gasteiger partial charge in [-0.05, 0) is 12.8 Å². The summed E-state index contributed by atoms with van der Waals surface area (Å²) in [5.74, 6) is -2.05. The van der Waals surface area contributed by atoms with Crippen LogP contribution in [-0.2, 0) is 16.1 Å². The minimum absolute atomic E-state index is 0.00838. The number of hydrogen-bond donors (Lipinski definition) is 1. The van der Waals surface area contributed by atoms with E-state index < -0.39 is 23.8 Å². The summed E-state index contributed by atoms with van der Waals surface area (Å²) in [6.07, 6.45) is 3.07. The number of rotatable bonds is 3. The second kappa shape index (κ2) is 5.36. The SMILES string of the molecule is Cc1cnc(CN2C(=O)NC(=O)C(C(C)C)C2=O)cn1. The Morgan fingerprint density at radius 3 is 2.50 bits per heavy atom. The van der Waals surface area contributed by atoms with Gasteiger partial charge in [0.15, 0.2) is 0 Å². The molecule has 1 atom stereocenters. The molecule has 0 radical (unpaired) electrons. The van der Waals surface area contributed by atoms with Crippen LogP contribution in [0.25, 0.3) is 0 Å². The Morgan fingerprint density at radius 2 is 1.95 bits per heavy atom. The van der Waals surface area contributed by atoms with E-state index in [0.717, 1.165) is 10.6 Å². The number of carbonyl (C=O) groups excluding carboxylic acids is 3. The number of nitrogens with zero attached hydrogens (tertiary/aromatic N) is 3. The number of aryl methyl sites for hydroxylation is 1. The van der Waals surface area contributed by atoms with E-state index in [4.69, 9.17) is 0 Å². The van der Waals surface area contributed by atoms with E-state index in [0.29, 0.717) is 5.69 Å². The Labute approximate surface area is 116 Å². The Balaban J connectivity index is 2.21. The van der Waals surface area contributed by atoms with Gasteiger partial charge in [-0.2, -0.15) is 0 Å². The highest BCUT2D eigenvalue weighted by Crippen LogP contribution is 2.20. The number of amides is 4. The van der Waals surface area contributed by atoms with Crippen molar-refractivity contribution in [1.29, 1.82) is 0 Å². The number of nitrogens with one attached hydrogen (secondary N) is 1. The predicted molar refractivity (Wildman–Crippen MR) is 69.2 cm³/mol. The first-order valence-corrected chi connectivity index (χ1v) is 6.34. The van der Waals surface area contributed by atoms with Gasteiger partial charge in [0.2, 0.25) is 11.8 Å². The highest BCUT2D eigenvalue weighted by Gasteiger charge is 2.42. The molecule has 0 saturated carbocycles. The number of imide groups is 2. The molecule has 1 aliphatic rings. The summed E-state index contributed by atoms with van der Waals surface area (Å²) < 4.78 is 0. The van der Waals surface area contributed by atoms with Crippen molar-refractivity contribution in [3.05, 3.63) is 23.8 Å². The van der Waals surface area contributed by atoms with Crippen LogP contribution in [0, 0.1) is 18.8 Å². The molecule has 1 aromatic heterocycles. The lowest BCUT2D eigenvalue weighted by Crippen LogP contribution is -2.58. The summed E-state index contributed by atoms with van der Waals surface area (Å²) in [6, 6.07) is -0.709. The van der Waals surface area contributed by atoms with Gasteiger partial charge >= 0.3 is 6.03 Å². The topological polar surface area (TPSA) is 92.3 Å². The van der Waals surface area contributed by atoms with E-state index in [1.807, 2.05) is 0 Å². The molecule has 2 rings (SSSR count). The van der Waals surface area contributed by atoms with E-state index in [1.165, 1.54) is 6.20 Å². The second-order valence-corrected chi connectivity index (χ2v) is 5.09. The molecule has 20 heavy (non-hydrogen) atoms. The summed E-state index contributed by atoms with van der Waals surface area (Å²) in [5.41, 5.74) is 1.24. The fourth-order valence-electron chi connectivity index (χ4n) is 2.03. The normalized spacial score (nSPS) is 19.5. The number of aromatic nitrogens is 2. The first-order chi connectivity index (χ1) is 9.40. The molecule has 0 aliphatic carbocycles. The molecular weight excluding hydrogens is 260 g/mol. The Kier molecular flexibility index (Phi) is 3.78. The van der Waals surface area contributed by atoms with Gasteiger partial charge in [0, 0.05) is 6.20 Å². The summed E-state index contributed by atoms with van der Waals surface area (Å²) in [6.45, 7) is 5.33. The molecule has 2 heterocycles. The van der Waals surface area contributed by atoms with Gasteiger partial charge in [-0.1, -0.05) is 13.8 Å². The quantitative estimate of drug-likeness (QED) is 0.818. The first kappa shape index (κ1) is 14.1. The third-order valence-corrected chi connectivity index (χ3v) is 3.11.